The van der Waals surface area contributed by atoms with E-state index in [-0.39, 0.29) is 11.4 Å². The van der Waals surface area contributed by atoms with E-state index in [1.54, 1.807) is 18.5 Å². The lowest BCUT2D eigenvalue weighted by atomic mass is 10.1. The number of aromatic nitrogens is 3. The second-order valence-corrected chi connectivity index (χ2v) is 6.04. The summed E-state index contributed by atoms with van der Waals surface area (Å²) >= 11 is 0. The Labute approximate surface area is 122 Å². The zero-order valence-electron chi connectivity index (χ0n) is 12.3. The number of benzene rings is 1. The number of imidazole rings is 1. The van der Waals surface area contributed by atoms with E-state index in [2.05, 4.69) is 35.3 Å². The number of fused-ring (bicyclic) bond motifs is 1. The van der Waals surface area contributed by atoms with Crippen LogP contribution in [0.15, 0.2) is 36.7 Å². The van der Waals surface area contributed by atoms with Crippen molar-refractivity contribution >= 4 is 16.7 Å². The third kappa shape index (κ3) is 2.24. The fourth-order valence-electron chi connectivity index (χ4n) is 2.51. The van der Waals surface area contributed by atoms with E-state index in [0.29, 0.717) is 17.1 Å². The minimum Gasteiger partial charge on any atom is -0.398 e. The predicted molar refractivity (Wildman–Crippen MR) is 82.3 cm³/mol. The molecule has 0 aliphatic carbocycles. The minimum absolute atomic E-state index is 0.218. The normalized spacial score (nSPS) is 12.0. The van der Waals surface area contributed by atoms with Crippen molar-refractivity contribution in [3.8, 4) is 11.4 Å². The van der Waals surface area contributed by atoms with Crippen molar-refractivity contribution in [2.75, 3.05) is 5.73 Å². The molecule has 21 heavy (non-hydrogen) atoms. The van der Waals surface area contributed by atoms with Gasteiger partial charge in [-0.1, -0.05) is 0 Å². The molecule has 0 amide bonds. The van der Waals surface area contributed by atoms with Crippen LogP contribution in [0, 0.1) is 5.82 Å². The van der Waals surface area contributed by atoms with Crippen LogP contribution in [0.4, 0.5) is 10.1 Å². The molecule has 0 unspecified atom stereocenters. The van der Waals surface area contributed by atoms with Crippen LogP contribution in [-0.4, -0.2) is 14.5 Å². The molecule has 1 aromatic carbocycles. The molecule has 0 saturated carbocycles. The van der Waals surface area contributed by atoms with Crippen molar-refractivity contribution in [1.82, 2.24) is 14.5 Å². The summed E-state index contributed by atoms with van der Waals surface area (Å²) in [6.07, 6.45) is 3.43. The van der Waals surface area contributed by atoms with E-state index in [1.165, 1.54) is 12.1 Å². The molecule has 0 fully saturated rings. The van der Waals surface area contributed by atoms with E-state index in [0.717, 1.165) is 11.0 Å². The zero-order chi connectivity index (χ0) is 15.2. The molecular formula is C16H17FN4. The lowest BCUT2D eigenvalue weighted by Crippen LogP contribution is -2.22. The van der Waals surface area contributed by atoms with Crippen LogP contribution in [-0.2, 0) is 5.54 Å². The van der Waals surface area contributed by atoms with Crippen LogP contribution < -0.4 is 5.73 Å². The van der Waals surface area contributed by atoms with Gasteiger partial charge in [0.05, 0.1) is 11.7 Å². The lowest BCUT2D eigenvalue weighted by Gasteiger charge is -2.25. The van der Waals surface area contributed by atoms with Crippen LogP contribution in [0.25, 0.3) is 22.4 Å². The van der Waals surface area contributed by atoms with Gasteiger partial charge < -0.3 is 10.3 Å². The van der Waals surface area contributed by atoms with E-state index < -0.39 is 0 Å². The van der Waals surface area contributed by atoms with Crippen LogP contribution in [0.3, 0.4) is 0 Å². The average Bonchev–Trinajstić information content (AvgIpc) is 2.80. The second-order valence-electron chi connectivity index (χ2n) is 6.04. The summed E-state index contributed by atoms with van der Waals surface area (Å²) in [4.78, 5) is 8.71. The number of nitrogens with zero attached hydrogens (tertiary/aromatic N) is 3. The molecule has 0 aliphatic rings. The smallest absolute Gasteiger partial charge is 0.143 e. The van der Waals surface area contributed by atoms with E-state index in [1.807, 2.05) is 6.07 Å². The van der Waals surface area contributed by atoms with Gasteiger partial charge >= 0.3 is 0 Å². The summed E-state index contributed by atoms with van der Waals surface area (Å²) in [5.74, 6) is 0.326. The standard InChI is InChI=1S/C16H17FN4/c1-16(2,3)21-14-6-7-19-9-13(14)20-15(21)11-8-10(17)4-5-12(11)18/h4-9H,18H2,1-3H3. The third-order valence-corrected chi connectivity index (χ3v) is 3.38. The second kappa shape index (κ2) is 4.55. The highest BCUT2D eigenvalue weighted by Crippen LogP contribution is 2.33. The van der Waals surface area contributed by atoms with Crippen molar-refractivity contribution in [1.29, 1.82) is 0 Å². The van der Waals surface area contributed by atoms with Gasteiger partial charge in [0.1, 0.15) is 17.2 Å². The minimum atomic E-state index is -0.329. The lowest BCUT2D eigenvalue weighted by molar-refractivity contribution is 0.413. The van der Waals surface area contributed by atoms with E-state index in [9.17, 15) is 4.39 Å². The van der Waals surface area contributed by atoms with Crippen LogP contribution in [0.2, 0.25) is 0 Å². The van der Waals surface area contributed by atoms with Crippen LogP contribution >= 0.6 is 0 Å². The Bertz CT molecular complexity index is 815. The molecule has 2 N–H and O–H groups in total. The first-order valence-electron chi connectivity index (χ1n) is 6.76. The van der Waals surface area contributed by atoms with Crippen LogP contribution in [0.5, 0.6) is 0 Å². The molecule has 2 heterocycles. The van der Waals surface area contributed by atoms with Crippen molar-refractivity contribution in [2.45, 2.75) is 26.3 Å². The highest BCUT2D eigenvalue weighted by molar-refractivity contribution is 5.83. The third-order valence-electron chi connectivity index (χ3n) is 3.38. The predicted octanol–water partition coefficient (Wildman–Crippen LogP) is 3.57. The maximum atomic E-state index is 13.6. The number of pyridine rings is 1. The number of rotatable bonds is 1. The number of anilines is 1. The van der Waals surface area contributed by atoms with Gasteiger partial charge in [-0.3, -0.25) is 4.98 Å². The summed E-state index contributed by atoms with van der Waals surface area (Å²) in [5, 5.41) is 0. The molecule has 0 bridgehead atoms. The molecule has 3 aromatic rings. The topological polar surface area (TPSA) is 56.7 Å². The molecular weight excluding hydrogens is 267 g/mol. The Morgan fingerprint density at radius 2 is 1.95 bits per heavy atom. The highest BCUT2D eigenvalue weighted by Gasteiger charge is 2.23. The number of halogens is 1. The summed E-state index contributed by atoms with van der Waals surface area (Å²) in [6, 6.07) is 6.25. The Hall–Kier alpha value is -2.43. The average molecular weight is 284 g/mol. The molecule has 0 spiro atoms. The molecule has 2 aromatic heterocycles. The Balaban J connectivity index is 2.39. The Morgan fingerprint density at radius 3 is 2.67 bits per heavy atom. The maximum Gasteiger partial charge on any atom is 0.143 e. The van der Waals surface area contributed by atoms with E-state index in [4.69, 9.17) is 5.73 Å². The quantitative estimate of drug-likeness (QED) is 0.695. The molecule has 3 rings (SSSR count). The first-order chi connectivity index (χ1) is 9.88. The fourth-order valence-corrected chi connectivity index (χ4v) is 2.51. The molecule has 0 saturated heterocycles. The zero-order valence-corrected chi connectivity index (χ0v) is 12.3. The van der Waals surface area contributed by atoms with E-state index >= 15 is 0 Å². The first kappa shape index (κ1) is 13.5. The van der Waals surface area contributed by atoms with Gasteiger partial charge in [0.15, 0.2) is 0 Å². The summed E-state index contributed by atoms with van der Waals surface area (Å²) in [6.45, 7) is 6.23. The monoisotopic (exact) mass is 284 g/mol. The van der Waals surface area contributed by atoms with Crippen molar-refractivity contribution in [3.05, 3.63) is 42.5 Å². The van der Waals surface area contributed by atoms with Gasteiger partial charge in [-0.05, 0) is 45.0 Å². The number of nitrogen functional groups attached to an aromatic ring is 1. The largest absolute Gasteiger partial charge is 0.398 e. The molecule has 0 atom stereocenters. The molecule has 108 valence electrons. The summed E-state index contributed by atoms with van der Waals surface area (Å²) in [5.41, 5.74) is 8.63. The van der Waals surface area contributed by atoms with Gasteiger partial charge in [0, 0.05) is 23.0 Å². The van der Waals surface area contributed by atoms with Gasteiger partial charge in [-0.15, -0.1) is 0 Å². The maximum absolute atomic E-state index is 13.6. The fraction of sp³-hybridized carbons (Fsp3) is 0.250. The van der Waals surface area contributed by atoms with Gasteiger partial charge in [0.2, 0.25) is 0 Å². The molecule has 4 nitrogen and oxygen atoms in total. The first-order valence-corrected chi connectivity index (χ1v) is 6.76. The van der Waals surface area contributed by atoms with Crippen LogP contribution in [0.1, 0.15) is 20.8 Å². The van der Waals surface area contributed by atoms with Gasteiger partial charge in [-0.25, -0.2) is 9.37 Å². The highest BCUT2D eigenvalue weighted by atomic mass is 19.1. The molecule has 0 aliphatic heterocycles. The van der Waals surface area contributed by atoms with Crippen molar-refractivity contribution < 1.29 is 4.39 Å². The summed E-state index contributed by atoms with van der Waals surface area (Å²) < 4.78 is 15.7. The number of hydrogen-bond acceptors (Lipinski definition) is 3. The number of nitrogens with two attached hydrogens (primary N) is 1. The Morgan fingerprint density at radius 1 is 1.19 bits per heavy atom. The molecule has 5 heteroatoms. The van der Waals surface area contributed by atoms with Gasteiger partial charge in [-0.2, -0.15) is 0 Å². The summed E-state index contributed by atoms with van der Waals surface area (Å²) in [7, 11) is 0. The SMILES string of the molecule is CC(C)(C)n1c(-c2cc(F)ccc2N)nc2cnccc21. The van der Waals surface area contributed by atoms with Crippen molar-refractivity contribution in [2.24, 2.45) is 0 Å². The Kier molecular flexibility index (Phi) is 2.93. The van der Waals surface area contributed by atoms with Crippen molar-refractivity contribution in [3.63, 3.8) is 0 Å². The molecule has 0 radical (unpaired) electrons. The van der Waals surface area contributed by atoms with Gasteiger partial charge in [0.25, 0.3) is 0 Å². The number of hydrogen-bond donors (Lipinski definition) is 1.